The van der Waals surface area contributed by atoms with Gasteiger partial charge in [0.15, 0.2) is 0 Å². The Balaban J connectivity index is 0. The van der Waals surface area contributed by atoms with Gasteiger partial charge in [0.05, 0.1) is 12.3 Å². The summed E-state index contributed by atoms with van der Waals surface area (Å²) < 4.78 is 0. The van der Waals surface area contributed by atoms with Gasteiger partial charge in [0.1, 0.15) is 0 Å². The molecule has 0 bridgehead atoms. The van der Waals surface area contributed by atoms with Gasteiger partial charge in [0, 0.05) is 20.6 Å². The first-order chi connectivity index (χ1) is 4.12. The van der Waals surface area contributed by atoms with Gasteiger partial charge >= 0.3 is 0 Å². The molecule has 0 nitrogen and oxygen atoms in total. The Morgan fingerprint density at radius 3 is 1.40 bits per heavy atom. The standard InChI is InChI=1S/C8H20P.HI/c1-5-7-9(3,4)8-6-2;/h5-8H2,1-4H3;1H/q+1;/p-1. The SMILES string of the molecule is CCC[P+](C)(C)CCC.[I-]. The number of hydrogen-bond donors (Lipinski definition) is 0. The second-order valence-electron chi connectivity index (χ2n) is 3.38. The molecule has 0 saturated heterocycles. The maximum atomic E-state index is 2.47. The van der Waals surface area contributed by atoms with Gasteiger partial charge < -0.3 is 24.0 Å². The molecular weight excluding hydrogens is 254 g/mol. The minimum absolute atomic E-state index is 0. The topological polar surface area (TPSA) is 0 Å². The first-order valence-electron chi connectivity index (χ1n) is 3.94. The third kappa shape index (κ3) is 7.27. The highest BCUT2D eigenvalue weighted by Crippen LogP contribution is 2.51. The van der Waals surface area contributed by atoms with Crippen molar-refractivity contribution >= 4 is 7.26 Å². The zero-order chi connectivity index (χ0) is 7.33. The highest BCUT2D eigenvalue weighted by Gasteiger charge is 2.21. The van der Waals surface area contributed by atoms with Crippen LogP contribution in [0.4, 0.5) is 0 Å². The van der Waals surface area contributed by atoms with E-state index in [1.165, 1.54) is 25.2 Å². The van der Waals surface area contributed by atoms with Crippen LogP contribution in [-0.4, -0.2) is 25.7 Å². The van der Waals surface area contributed by atoms with Crippen molar-refractivity contribution in [2.75, 3.05) is 25.7 Å². The van der Waals surface area contributed by atoms with Crippen molar-refractivity contribution in [2.45, 2.75) is 26.7 Å². The summed E-state index contributed by atoms with van der Waals surface area (Å²) in [6.07, 6.45) is 5.73. The van der Waals surface area contributed by atoms with Crippen molar-refractivity contribution in [1.29, 1.82) is 0 Å². The van der Waals surface area contributed by atoms with Crippen molar-refractivity contribution < 1.29 is 24.0 Å². The van der Waals surface area contributed by atoms with E-state index in [0.717, 1.165) is 0 Å². The lowest BCUT2D eigenvalue weighted by Gasteiger charge is -2.15. The maximum absolute atomic E-state index is 2.47. The summed E-state index contributed by atoms with van der Waals surface area (Å²) in [7, 11) is -0.443. The predicted molar refractivity (Wildman–Crippen MR) is 49.1 cm³/mol. The van der Waals surface area contributed by atoms with E-state index in [1.54, 1.807) is 0 Å². The fourth-order valence-electron chi connectivity index (χ4n) is 1.32. The number of halogens is 1. The van der Waals surface area contributed by atoms with Crippen LogP contribution in [0.15, 0.2) is 0 Å². The molecule has 0 aromatic heterocycles. The summed E-state index contributed by atoms with van der Waals surface area (Å²) in [4.78, 5) is 0. The van der Waals surface area contributed by atoms with Crippen LogP contribution in [0.5, 0.6) is 0 Å². The monoisotopic (exact) mass is 274 g/mol. The molecule has 10 heavy (non-hydrogen) atoms. The van der Waals surface area contributed by atoms with Crippen LogP contribution in [0, 0.1) is 0 Å². The molecule has 0 aromatic carbocycles. The first kappa shape index (κ1) is 13.7. The smallest absolute Gasteiger partial charge is 0.0586 e. The van der Waals surface area contributed by atoms with Gasteiger partial charge in [-0.1, -0.05) is 13.8 Å². The Labute approximate surface area is 83.5 Å². The summed E-state index contributed by atoms with van der Waals surface area (Å²) in [6.45, 7) is 9.52. The Kier molecular flexibility index (Phi) is 9.40. The number of hydrogen-bond acceptors (Lipinski definition) is 0. The van der Waals surface area contributed by atoms with E-state index in [4.69, 9.17) is 0 Å². The Hall–Kier alpha value is 1.16. The van der Waals surface area contributed by atoms with Crippen molar-refractivity contribution in [2.24, 2.45) is 0 Å². The molecule has 0 saturated carbocycles. The van der Waals surface area contributed by atoms with E-state index in [2.05, 4.69) is 27.2 Å². The Morgan fingerprint density at radius 1 is 0.900 bits per heavy atom. The van der Waals surface area contributed by atoms with Crippen LogP contribution in [0.25, 0.3) is 0 Å². The summed E-state index contributed by atoms with van der Waals surface area (Å²) in [5, 5.41) is 0. The molecule has 64 valence electrons. The molecule has 0 aliphatic rings. The van der Waals surface area contributed by atoms with Gasteiger partial charge in [-0.3, -0.25) is 0 Å². The molecule has 0 unspecified atom stereocenters. The lowest BCUT2D eigenvalue weighted by molar-refractivity contribution is -0.00000234. The van der Waals surface area contributed by atoms with Crippen LogP contribution >= 0.6 is 7.26 Å². The highest BCUT2D eigenvalue weighted by atomic mass is 127. The summed E-state index contributed by atoms with van der Waals surface area (Å²) >= 11 is 0. The first-order valence-corrected chi connectivity index (χ1v) is 6.99. The Morgan fingerprint density at radius 2 is 1.20 bits per heavy atom. The van der Waals surface area contributed by atoms with Crippen LogP contribution in [-0.2, 0) is 0 Å². The lowest BCUT2D eigenvalue weighted by atomic mass is 10.6. The van der Waals surface area contributed by atoms with E-state index >= 15 is 0 Å². The summed E-state index contributed by atoms with van der Waals surface area (Å²) in [5.41, 5.74) is 0. The van der Waals surface area contributed by atoms with Crippen LogP contribution in [0.1, 0.15) is 26.7 Å². The molecule has 0 aliphatic carbocycles. The molecule has 0 amide bonds. The Bertz CT molecular complexity index is 63.7. The van der Waals surface area contributed by atoms with E-state index < -0.39 is 7.26 Å². The molecule has 0 spiro atoms. The van der Waals surface area contributed by atoms with Gasteiger partial charge in [-0.15, -0.1) is 0 Å². The quantitative estimate of drug-likeness (QED) is 0.503. The molecule has 0 N–H and O–H groups in total. The molecule has 0 heterocycles. The summed E-state index contributed by atoms with van der Waals surface area (Å²) in [6, 6.07) is 0. The average Bonchev–Trinajstić information content (AvgIpc) is 1.64. The van der Waals surface area contributed by atoms with Crippen LogP contribution in [0.3, 0.4) is 0 Å². The zero-order valence-corrected chi connectivity index (χ0v) is 10.7. The van der Waals surface area contributed by atoms with Gasteiger partial charge in [-0.05, 0) is 12.8 Å². The third-order valence-corrected chi connectivity index (χ3v) is 4.97. The minimum Gasteiger partial charge on any atom is -1.00 e. The second-order valence-corrected chi connectivity index (χ2v) is 8.15. The van der Waals surface area contributed by atoms with Crippen molar-refractivity contribution in [1.82, 2.24) is 0 Å². The average molecular weight is 274 g/mol. The predicted octanol–water partition coefficient (Wildman–Crippen LogP) is 0.0876. The number of rotatable bonds is 4. The lowest BCUT2D eigenvalue weighted by Crippen LogP contribution is -3.00. The fraction of sp³-hybridized carbons (Fsp3) is 1.00. The van der Waals surface area contributed by atoms with E-state index in [0.29, 0.717) is 0 Å². The third-order valence-electron chi connectivity index (χ3n) is 1.66. The molecule has 0 aromatic rings. The largest absolute Gasteiger partial charge is 1.00 e. The van der Waals surface area contributed by atoms with E-state index in [9.17, 15) is 0 Å². The zero-order valence-electron chi connectivity index (χ0n) is 7.65. The van der Waals surface area contributed by atoms with Crippen LogP contribution < -0.4 is 24.0 Å². The van der Waals surface area contributed by atoms with Gasteiger partial charge in [0.2, 0.25) is 0 Å². The van der Waals surface area contributed by atoms with Crippen molar-refractivity contribution in [3.05, 3.63) is 0 Å². The van der Waals surface area contributed by atoms with Gasteiger partial charge in [0.25, 0.3) is 0 Å². The maximum Gasteiger partial charge on any atom is 0.0586 e. The fourth-order valence-corrected chi connectivity index (χ4v) is 3.97. The highest BCUT2D eigenvalue weighted by molar-refractivity contribution is 7.74. The van der Waals surface area contributed by atoms with Crippen molar-refractivity contribution in [3.63, 3.8) is 0 Å². The van der Waals surface area contributed by atoms with Crippen LogP contribution in [0.2, 0.25) is 0 Å². The van der Waals surface area contributed by atoms with E-state index in [1.807, 2.05) is 0 Å². The van der Waals surface area contributed by atoms with Crippen molar-refractivity contribution in [3.8, 4) is 0 Å². The normalized spacial score (nSPS) is 10.8. The minimum atomic E-state index is -0.443. The molecule has 0 fully saturated rings. The molecular formula is C8H20IP. The summed E-state index contributed by atoms with van der Waals surface area (Å²) in [5.74, 6) is 0. The molecule has 0 radical (unpaired) electrons. The molecule has 2 heteroatoms. The second kappa shape index (κ2) is 6.84. The van der Waals surface area contributed by atoms with Gasteiger partial charge in [-0.25, -0.2) is 0 Å². The molecule has 0 aliphatic heterocycles. The molecule has 0 rings (SSSR count). The molecule has 0 atom stereocenters. The van der Waals surface area contributed by atoms with E-state index in [-0.39, 0.29) is 24.0 Å². The van der Waals surface area contributed by atoms with Gasteiger partial charge in [-0.2, -0.15) is 0 Å².